The van der Waals surface area contributed by atoms with E-state index in [4.69, 9.17) is 15.2 Å². The van der Waals surface area contributed by atoms with Crippen LogP contribution in [0, 0.1) is 0 Å². The summed E-state index contributed by atoms with van der Waals surface area (Å²) in [6.07, 6.45) is 3.22. The predicted octanol–water partition coefficient (Wildman–Crippen LogP) is 1.57. The summed E-state index contributed by atoms with van der Waals surface area (Å²) in [6.45, 7) is 8.07. The highest BCUT2D eigenvalue weighted by atomic mass is 16.6. The molecule has 0 aromatic carbocycles. The van der Waals surface area contributed by atoms with E-state index in [2.05, 4.69) is 20.2 Å². The quantitative estimate of drug-likeness (QED) is 0.786. The largest absolute Gasteiger partial charge is 0.444 e. The van der Waals surface area contributed by atoms with Crippen LogP contribution < -0.4 is 16.0 Å². The minimum Gasteiger partial charge on any atom is -0.444 e. The zero-order valence-electron chi connectivity index (χ0n) is 14.6. The average molecular weight is 337 g/mol. The maximum atomic E-state index is 11.5. The van der Waals surface area contributed by atoms with Crippen LogP contribution in [0.1, 0.15) is 33.6 Å². The third-order valence-electron chi connectivity index (χ3n) is 3.51. The Morgan fingerprint density at radius 1 is 1.42 bits per heavy atom. The lowest BCUT2D eigenvalue weighted by molar-refractivity contribution is 0.0304. The maximum Gasteiger partial charge on any atom is 0.407 e. The van der Waals surface area contributed by atoms with Gasteiger partial charge in [0.15, 0.2) is 0 Å². The molecule has 24 heavy (non-hydrogen) atoms. The van der Waals surface area contributed by atoms with Gasteiger partial charge in [-0.25, -0.2) is 9.78 Å². The number of ether oxygens (including phenoxy) is 2. The standard InChI is InChI=1S/C16H27N5O3/c1-16(2,3)24-15(22)19-8-11-23-12-5-9-21(10-6-12)14-18-7-4-13(17)20-14/h4,7,12H,5-6,8-11H2,1-3H3,(H,19,22)(H2,17,18,20). The fourth-order valence-electron chi connectivity index (χ4n) is 2.43. The second kappa shape index (κ2) is 8.14. The lowest BCUT2D eigenvalue weighted by atomic mass is 10.1. The van der Waals surface area contributed by atoms with E-state index in [1.165, 1.54) is 0 Å². The summed E-state index contributed by atoms with van der Waals surface area (Å²) in [5.41, 5.74) is 5.20. The molecule has 0 bridgehead atoms. The lowest BCUT2D eigenvalue weighted by Gasteiger charge is -2.32. The van der Waals surface area contributed by atoms with Gasteiger partial charge < -0.3 is 25.4 Å². The van der Waals surface area contributed by atoms with Crippen molar-refractivity contribution in [2.45, 2.75) is 45.3 Å². The number of nitrogens with two attached hydrogens (primary N) is 1. The summed E-state index contributed by atoms with van der Waals surface area (Å²) in [4.78, 5) is 22.1. The maximum absolute atomic E-state index is 11.5. The molecule has 1 aromatic heterocycles. The van der Waals surface area contributed by atoms with Crippen LogP contribution in [0.3, 0.4) is 0 Å². The van der Waals surface area contributed by atoms with Crippen LogP contribution in [0.2, 0.25) is 0 Å². The summed E-state index contributed by atoms with van der Waals surface area (Å²) in [5.74, 6) is 1.15. The molecule has 0 aliphatic carbocycles. The smallest absolute Gasteiger partial charge is 0.407 e. The Labute approximate surface area is 142 Å². The lowest BCUT2D eigenvalue weighted by Crippen LogP contribution is -2.39. The predicted molar refractivity (Wildman–Crippen MR) is 91.9 cm³/mol. The molecule has 1 aliphatic rings. The van der Waals surface area contributed by atoms with Crippen LogP contribution in [0.25, 0.3) is 0 Å². The summed E-state index contributed by atoms with van der Waals surface area (Å²) < 4.78 is 11.0. The van der Waals surface area contributed by atoms with Crippen molar-refractivity contribution in [3.05, 3.63) is 12.3 Å². The number of anilines is 2. The average Bonchev–Trinajstić information content (AvgIpc) is 2.50. The van der Waals surface area contributed by atoms with Crippen LogP contribution in [0.5, 0.6) is 0 Å². The highest BCUT2D eigenvalue weighted by Crippen LogP contribution is 2.18. The van der Waals surface area contributed by atoms with Gasteiger partial charge in [-0.2, -0.15) is 4.98 Å². The highest BCUT2D eigenvalue weighted by molar-refractivity contribution is 5.67. The molecule has 1 fully saturated rings. The molecule has 0 radical (unpaired) electrons. The van der Waals surface area contributed by atoms with Crippen molar-refractivity contribution in [2.24, 2.45) is 0 Å². The second-order valence-electron chi connectivity index (χ2n) is 6.77. The van der Waals surface area contributed by atoms with Gasteiger partial charge >= 0.3 is 6.09 Å². The molecular weight excluding hydrogens is 310 g/mol. The van der Waals surface area contributed by atoms with E-state index in [0.29, 0.717) is 24.9 Å². The van der Waals surface area contributed by atoms with E-state index in [1.54, 1.807) is 12.3 Å². The Bertz CT molecular complexity index is 539. The van der Waals surface area contributed by atoms with Crippen LogP contribution >= 0.6 is 0 Å². The number of nitrogens with zero attached hydrogens (tertiary/aromatic N) is 3. The van der Waals surface area contributed by atoms with Gasteiger partial charge in [-0.1, -0.05) is 0 Å². The molecule has 0 unspecified atom stereocenters. The van der Waals surface area contributed by atoms with Gasteiger partial charge in [-0.05, 0) is 39.7 Å². The molecular formula is C16H27N5O3. The van der Waals surface area contributed by atoms with Crippen molar-refractivity contribution in [1.29, 1.82) is 0 Å². The van der Waals surface area contributed by atoms with Gasteiger partial charge in [-0.15, -0.1) is 0 Å². The Kier molecular flexibility index (Phi) is 6.19. The minimum absolute atomic E-state index is 0.183. The Hall–Kier alpha value is -2.09. The van der Waals surface area contributed by atoms with Gasteiger partial charge in [-0.3, -0.25) is 0 Å². The van der Waals surface area contributed by atoms with Gasteiger partial charge in [0.1, 0.15) is 11.4 Å². The summed E-state index contributed by atoms with van der Waals surface area (Å²) in [6, 6.07) is 1.68. The number of hydrogen-bond donors (Lipinski definition) is 2. The van der Waals surface area contributed by atoms with Crippen LogP contribution in [-0.2, 0) is 9.47 Å². The Balaban J connectivity index is 1.62. The van der Waals surface area contributed by atoms with E-state index >= 15 is 0 Å². The number of alkyl carbamates (subject to hydrolysis) is 1. The molecule has 0 atom stereocenters. The summed E-state index contributed by atoms with van der Waals surface area (Å²) >= 11 is 0. The molecule has 1 aliphatic heterocycles. The molecule has 1 aromatic rings. The SMILES string of the molecule is CC(C)(C)OC(=O)NCCOC1CCN(c2nccc(N)n2)CC1. The van der Waals surface area contributed by atoms with E-state index < -0.39 is 11.7 Å². The van der Waals surface area contributed by atoms with E-state index in [-0.39, 0.29) is 6.10 Å². The summed E-state index contributed by atoms with van der Waals surface area (Å²) in [5, 5.41) is 2.69. The number of nitrogen functional groups attached to an aromatic ring is 1. The first-order valence-electron chi connectivity index (χ1n) is 8.25. The number of carbonyl (C=O) groups excluding carboxylic acids is 1. The van der Waals surface area contributed by atoms with Crippen LogP contribution in [0.15, 0.2) is 12.3 Å². The fourth-order valence-corrected chi connectivity index (χ4v) is 2.43. The fraction of sp³-hybridized carbons (Fsp3) is 0.688. The number of piperidine rings is 1. The van der Waals surface area contributed by atoms with Crippen molar-refractivity contribution in [2.75, 3.05) is 36.9 Å². The number of aromatic nitrogens is 2. The van der Waals surface area contributed by atoms with Crippen molar-refractivity contribution in [3.63, 3.8) is 0 Å². The molecule has 2 heterocycles. The van der Waals surface area contributed by atoms with Crippen molar-refractivity contribution in [3.8, 4) is 0 Å². The van der Waals surface area contributed by atoms with Crippen molar-refractivity contribution < 1.29 is 14.3 Å². The van der Waals surface area contributed by atoms with Gasteiger partial charge in [0.25, 0.3) is 0 Å². The molecule has 134 valence electrons. The number of nitrogens with one attached hydrogen (secondary N) is 1. The number of rotatable bonds is 5. The van der Waals surface area contributed by atoms with Crippen molar-refractivity contribution >= 4 is 17.9 Å². The van der Waals surface area contributed by atoms with E-state index in [1.807, 2.05) is 20.8 Å². The van der Waals surface area contributed by atoms with Gasteiger partial charge in [0.2, 0.25) is 5.95 Å². The Morgan fingerprint density at radius 2 is 2.12 bits per heavy atom. The van der Waals surface area contributed by atoms with Crippen LogP contribution in [0.4, 0.5) is 16.6 Å². The number of carbonyl (C=O) groups is 1. The number of hydrogen-bond acceptors (Lipinski definition) is 7. The molecule has 0 spiro atoms. The molecule has 1 saturated heterocycles. The van der Waals surface area contributed by atoms with E-state index in [0.717, 1.165) is 25.9 Å². The normalized spacial score (nSPS) is 16.0. The third kappa shape index (κ3) is 6.19. The number of amides is 1. The van der Waals surface area contributed by atoms with E-state index in [9.17, 15) is 4.79 Å². The molecule has 2 rings (SSSR count). The van der Waals surface area contributed by atoms with Gasteiger partial charge in [0.05, 0.1) is 12.7 Å². The summed E-state index contributed by atoms with van der Waals surface area (Å²) in [7, 11) is 0. The molecule has 1 amide bonds. The second-order valence-corrected chi connectivity index (χ2v) is 6.77. The minimum atomic E-state index is -0.485. The van der Waals surface area contributed by atoms with Crippen molar-refractivity contribution in [1.82, 2.24) is 15.3 Å². The first-order valence-corrected chi connectivity index (χ1v) is 8.25. The van der Waals surface area contributed by atoms with Crippen LogP contribution in [-0.4, -0.2) is 54.0 Å². The molecule has 0 saturated carbocycles. The zero-order chi connectivity index (χ0) is 17.6. The molecule has 8 nitrogen and oxygen atoms in total. The zero-order valence-corrected chi connectivity index (χ0v) is 14.6. The van der Waals surface area contributed by atoms with Gasteiger partial charge in [0, 0.05) is 25.8 Å². The molecule has 3 N–H and O–H groups in total. The topological polar surface area (TPSA) is 103 Å². The third-order valence-corrected chi connectivity index (χ3v) is 3.51. The Morgan fingerprint density at radius 3 is 2.75 bits per heavy atom. The monoisotopic (exact) mass is 337 g/mol. The molecule has 8 heteroatoms. The first kappa shape index (κ1) is 18.3. The highest BCUT2D eigenvalue weighted by Gasteiger charge is 2.21. The first-order chi connectivity index (χ1) is 11.3.